The Morgan fingerprint density at radius 3 is 2.74 bits per heavy atom. The highest BCUT2D eigenvalue weighted by atomic mass is 32.2. The highest BCUT2D eigenvalue weighted by molar-refractivity contribution is 7.99. The highest BCUT2D eigenvalue weighted by Crippen LogP contribution is 2.14. The molecule has 0 bridgehead atoms. The Morgan fingerprint density at radius 2 is 2.11 bits per heavy atom. The molecule has 0 aliphatic heterocycles. The number of carboxylic acids is 1. The van der Waals surface area contributed by atoms with Crippen molar-refractivity contribution in [2.45, 2.75) is 11.7 Å². The fourth-order valence-electron chi connectivity index (χ4n) is 1.45. The molecule has 0 atom stereocenters. The van der Waals surface area contributed by atoms with Crippen LogP contribution in [0.2, 0.25) is 0 Å². The number of H-pyrrole nitrogens is 1. The first kappa shape index (κ1) is 13.3. The minimum Gasteiger partial charge on any atom is -0.481 e. The number of hydrogen-bond acceptors (Lipinski definition) is 4. The molecule has 6 nitrogen and oxygen atoms in total. The first-order valence-electron chi connectivity index (χ1n) is 5.30. The summed E-state index contributed by atoms with van der Waals surface area (Å²) in [5.41, 5.74) is 0.291. The van der Waals surface area contributed by atoms with Crippen molar-refractivity contribution in [3.05, 3.63) is 46.1 Å². The number of aromatic nitrogens is 3. The zero-order chi connectivity index (χ0) is 13.8. The average Bonchev–Trinajstić information content (AvgIpc) is 2.71. The van der Waals surface area contributed by atoms with E-state index in [0.717, 1.165) is 17.3 Å². The van der Waals surface area contributed by atoms with Crippen LogP contribution in [-0.2, 0) is 11.3 Å². The van der Waals surface area contributed by atoms with Gasteiger partial charge in [-0.25, -0.2) is 14.3 Å². The predicted molar refractivity (Wildman–Crippen MR) is 66.7 cm³/mol. The summed E-state index contributed by atoms with van der Waals surface area (Å²) in [5.74, 6) is -1.54. The van der Waals surface area contributed by atoms with Gasteiger partial charge < -0.3 is 5.11 Å². The quantitative estimate of drug-likeness (QED) is 0.797. The molecular formula is C11H10FN3O3S. The number of halogens is 1. The Kier molecular flexibility index (Phi) is 4.00. The van der Waals surface area contributed by atoms with Crippen LogP contribution in [0, 0.1) is 5.82 Å². The number of rotatable bonds is 5. The summed E-state index contributed by atoms with van der Waals surface area (Å²) in [4.78, 5) is 22.1. The Morgan fingerprint density at radius 1 is 1.42 bits per heavy atom. The number of aromatic amines is 1. The molecule has 8 heteroatoms. The van der Waals surface area contributed by atoms with Crippen molar-refractivity contribution in [3.8, 4) is 0 Å². The van der Waals surface area contributed by atoms with Crippen LogP contribution in [0.15, 0.2) is 34.2 Å². The van der Waals surface area contributed by atoms with Gasteiger partial charge in [-0.15, -0.1) is 5.10 Å². The molecular weight excluding hydrogens is 273 g/mol. The Labute approximate surface area is 111 Å². The van der Waals surface area contributed by atoms with Crippen LogP contribution in [0.4, 0.5) is 4.39 Å². The molecule has 2 N–H and O–H groups in total. The van der Waals surface area contributed by atoms with Gasteiger partial charge in [-0.3, -0.25) is 9.36 Å². The Balaban J connectivity index is 2.19. The molecule has 0 amide bonds. The van der Waals surface area contributed by atoms with Gasteiger partial charge in [0.15, 0.2) is 5.16 Å². The van der Waals surface area contributed by atoms with Gasteiger partial charge >= 0.3 is 11.7 Å². The van der Waals surface area contributed by atoms with Crippen LogP contribution >= 0.6 is 11.8 Å². The smallest absolute Gasteiger partial charge is 0.344 e. The second-order valence-electron chi connectivity index (χ2n) is 3.71. The van der Waals surface area contributed by atoms with Gasteiger partial charge in [0.1, 0.15) is 5.82 Å². The number of thioether (sulfide) groups is 1. The van der Waals surface area contributed by atoms with Crippen molar-refractivity contribution >= 4 is 17.7 Å². The predicted octanol–water partition coefficient (Wildman–Crippen LogP) is 0.935. The summed E-state index contributed by atoms with van der Waals surface area (Å²) < 4.78 is 14.1. The molecule has 0 fully saturated rings. The Hall–Kier alpha value is -2.09. The molecule has 100 valence electrons. The lowest BCUT2D eigenvalue weighted by Gasteiger charge is -2.04. The van der Waals surface area contributed by atoms with Gasteiger partial charge in [0.2, 0.25) is 0 Å². The standard InChI is InChI=1S/C11H10FN3O3S/c12-8-3-1-7(2-4-8)5-15-10(18)13-14-11(15)19-6-9(16)17/h1-4H,5-6H2,(H,13,18)(H,16,17). The molecule has 0 radical (unpaired) electrons. The second kappa shape index (κ2) is 5.70. The van der Waals surface area contributed by atoms with E-state index in [0.29, 0.717) is 0 Å². The number of hydrogen-bond donors (Lipinski definition) is 2. The SMILES string of the molecule is O=C(O)CSc1n[nH]c(=O)n1Cc1ccc(F)cc1. The fraction of sp³-hybridized carbons (Fsp3) is 0.182. The van der Waals surface area contributed by atoms with Gasteiger partial charge in [0.25, 0.3) is 0 Å². The van der Waals surface area contributed by atoms with Gasteiger partial charge in [0.05, 0.1) is 12.3 Å². The summed E-state index contributed by atoms with van der Waals surface area (Å²) in [5, 5.41) is 14.9. The lowest BCUT2D eigenvalue weighted by atomic mass is 10.2. The molecule has 1 heterocycles. The molecule has 19 heavy (non-hydrogen) atoms. The van der Waals surface area contributed by atoms with Crippen molar-refractivity contribution in [2.75, 3.05) is 5.75 Å². The van der Waals surface area contributed by atoms with E-state index in [2.05, 4.69) is 10.2 Å². The van der Waals surface area contributed by atoms with Crippen LogP contribution in [0.3, 0.4) is 0 Å². The minimum absolute atomic E-state index is 0.187. The van der Waals surface area contributed by atoms with E-state index in [1.165, 1.54) is 16.7 Å². The molecule has 1 aromatic carbocycles. The number of carbonyl (C=O) groups is 1. The normalized spacial score (nSPS) is 10.6. The van der Waals surface area contributed by atoms with E-state index in [4.69, 9.17) is 5.11 Å². The van der Waals surface area contributed by atoms with Crippen molar-refractivity contribution < 1.29 is 14.3 Å². The third kappa shape index (κ3) is 3.44. The second-order valence-corrected chi connectivity index (χ2v) is 4.65. The van der Waals surface area contributed by atoms with E-state index in [1.54, 1.807) is 12.1 Å². The van der Waals surface area contributed by atoms with E-state index >= 15 is 0 Å². The third-order valence-corrected chi connectivity index (χ3v) is 3.26. The molecule has 1 aromatic heterocycles. The topological polar surface area (TPSA) is 88.0 Å². The number of aliphatic carboxylic acids is 1. The maximum Gasteiger partial charge on any atom is 0.344 e. The van der Waals surface area contributed by atoms with Gasteiger partial charge in [-0.05, 0) is 17.7 Å². The number of nitrogens with zero attached hydrogens (tertiary/aromatic N) is 2. The maximum atomic E-state index is 12.8. The minimum atomic E-state index is -0.992. The lowest BCUT2D eigenvalue weighted by molar-refractivity contribution is -0.133. The van der Waals surface area contributed by atoms with E-state index < -0.39 is 11.7 Å². The largest absolute Gasteiger partial charge is 0.481 e. The maximum absolute atomic E-state index is 12.8. The molecule has 0 spiro atoms. The zero-order valence-electron chi connectivity index (χ0n) is 9.67. The van der Waals surface area contributed by atoms with Gasteiger partial charge in [-0.1, -0.05) is 23.9 Å². The molecule has 0 saturated heterocycles. The van der Waals surface area contributed by atoms with Crippen LogP contribution < -0.4 is 5.69 Å². The van der Waals surface area contributed by atoms with Gasteiger partial charge in [0, 0.05) is 0 Å². The van der Waals surface area contributed by atoms with Crippen molar-refractivity contribution in [1.29, 1.82) is 0 Å². The third-order valence-electron chi connectivity index (χ3n) is 2.30. The molecule has 0 unspecified atom stereocenters. The molecule has 0 saturated carbocycles. The molecule has 0 aliphatic carbocycles. The summed E-state index contributed by atoms with van der Waals surface area (Å²) in [6.45, 7) is 0.206. The van der Waals surface area contributed by atoms with Gasteiger partial charge in [-0.2, -0.15) is 0 Å². The number of benzene rings is 1. The van der Waals surface area contributed by atoms with Crippen LogP contribution in [0.25, 0.3) is 0 Å². The van der Waals surface area contributed by atoms with Crippen molar-refractivity contribution in [3.63, 3.8) is 0 Å². The number of carboxylic acid groups (broad SMARTS) is 1. The fourth-order valence-corrected chi connectivity index (χ4v) is 2.12. The highest BCUT2D eigenvalue weighted by Gasteiger charge is 2.11. The number of nitrogens with one attached hydrogen (secondary N) is 1. The van der Waals surface area contributed by atoms with Crippen LogP contribution in [0.5, 0.6) is 0 Å². The van der Waals surface area contributed by atoms with Crippen molar-refractivity contribution in [1.82, 2.24) is 14.8 Å². The first-order chi connectivity index (χ1) is 9.06. The molecule has 2 aromatic rings. The van der Waals surface area contributed by atoms with E-state index in [9.17, 15) is 14.0 Å². The average molecular weight is 283 g/mol. The van der Waals surface area contributed by atoms with Crippen molar-refractivity contribution in [2.24, 2.45) is 0 Å². The lowest BCUT2D eigenvalue weighted by Crippen LogP contribution is -2.18. The summed E-state index contributed by atoms with van der Waals surface area (Å²) in [6.07, 6.45) is 0. The zero-order valence-corrected chi connectivity index (χ0v) is 10.5. The van der Waals surface area contributed by atoms with Crippen LogP contribution in [-0.4, -0.2) is 31.6 Å². The van der Waals surface area contributed by atoms with Crippen LogP contribution in [0.1, 0.15) is 5.56 Å². The van der Waals surface area contributed by atoms with E-state index in [1.807, 2.05) is 0 Å². The first-order valence-corrected chi connectivity index (χ1v) is 6.29. The monoisotopic (exact) mass is 283 g/mol. The Bertz CT molecular complexity index is 635. The molecule has 0 aliphatic rings. The van der Waals surface area contributed by atoms with E-state index in [-0.39, 0.29) is 23.3 Å². The molecule has 2 rings (SSSR count). The summed E-state index contributed by atoms with van der Waals surface area (Å²) in [7, 11) is 0. The summed E-state index contributed by atoms with van der Waals surface area (Å²) >= 11 is 0.945. The summed E-state index contributed by atoms with van der Waals surface area (Å²) in [6, 6.07) is 5.70.